The lowest BCUT2D eigenvalue weighted by atomic mass is 10.1. The van der Waals surface area contributed by atoms with Gasteiger partial charge in [-0.1, -0.05) is 46.6 Å². The maximum atomic E-state index is 6.12. The average molecular weight is 285 g/mol. The Morgan fingerprint density at radius 3 is 2.60 bits per heavy atom. The van der Waals surface area contributed by atoms with E-state index in [2.05, 4.69) is 10.1 Å². The standard InChI is InChI=1S/C16H13ClN2O/c1-10-4-3-5-12(8-10)15-18-16(20-19-15)13-7-6-11(2)14(17)9-13/h3-9H,1-2H3. The summed E-state index contributed by atoms with van der Waals surface area (Å²) in [5, 5.41) is 4.72. The number of hydrogen-bond donors (Lipinski definition) is 0. The van der Waals surface area contributed by atoms with Crippen LogP contribution < -0.4 is 0 Å². The van der Waals surface area contributed by atoms with Crippen LogP contribution in [-0.4, -0.2) is 10.1 Å². The summed E-state index contributed by atoms with van der Waals surface area (Å²) in [6.45, 7) is 3.99. The van der Waals surface area contributed by atoms with Crippen molar-refractivity contribution >= 4 is 11.6 Å². The Morgan fingerprint density at radius 2 is 1.85 bits per heavy atom. The van der Waals surface area contributed by atoms with Crippen molar-refractivity contribution in [3.05, 3.63) is 58.6 Å². The van der Waals surface area contributed by atoms with E-state index in [-0.39, 0.29) is 0 Å². The van der Waals surface area contributed by atoms with Crippen molar-refractivity contribution in [2.24, 2.45) is 0 Å². The van der Waals surface area contributed by atoms with Crippen molar-refractivity contribution < 1.29 is 4.52 Å². The first-order chi connectivity index (χ1) is 9.63. The molecule has 0 saturated carbocycles. The lowest BCUT2D eigenvalue weighted by Gasteiger charge is -1.98. The highest BCUT2D eigenvalue weighted by molar-refractivity contribution is 6.31. The molecule has 0 bridgehead atoms. The predicted octanol–water partition coefficient (Wildman–Crippen LogP) is 4.67. The van der Waals surface area contributed by atoms with Gasteiger partial charge in [-0.2, -0.15) is 4.98 Å². The van der Waals surface area contributed by atoms with Crippen molar-refractivity contribution in [1.29, 1.82) is 0 Å². The van der Waals surface area contributed by atoms with Gasteiger partial charge in [0.05, 0.1) is 0 Å². The zero-order chi connectivity index (χ0) is 14.1. The molecule has 0 unspecified atom stereocenters. The number of halogens is 1. The molecule has 0 radical (unpaired) electrons. The van der Waals surface area contributed by atoms with Crippen LogP contribution in [0.1, 0.15) is 11.1 Å². The highest BCUT2D eigenvalue weighted by Crippen LogP contribution is 2.26. The van der Waals surface area contributed by atoms with Gasteiger partial charge in [-0.25, -0.2) is 0 Å². The minimum absolute atomic E-state index is 0.475. The largest absolute Gasteiger partial charge is 0.334 e. The van der Waals surface area contributed by atoms with Crippen LogP contribution in [0.2, 0.25) is 5.02 Å². The maximum Gasteiger partial charge on any atom is 0.258 e. The van der Waals surface area contributed by atoms with Crippen LogP contribution in [0.25, 0.3) is 22.8 Å². The molecule has 0 aliphatic carbocycles. The summed E-state index contributed by atoms with van der Waals surface area (Å²) >= 11 is 6.12. The van der Waals surface area contributed by atoms with E-state index in [4.69, 9.17) is 16.1 Å². The number of hydrogen-bond acceptors (Lipinski definition) is 3. The first-order valence-corrected chi connectivity index (χ1v) is 6.68. The fraction of sp³-hybridized carbons (Fsp3) is 0.125. The van der Waals surface area contributed by atoms with Crippen LogP contribution in [0.5, 0.6) is 0 Å². The minimum Gasteiger partial charge on any atom is -0.334 e. The highest BCUT2D eigenvalue weighted by Gasteiger charge is 2.11. The summed E-state index contributed by atoms with van der Waals surface area (Å²) in [6.07, 6.45) is 0. The Kier molecular flexibility index (Phi) is 3.28. The monoisotopic (exact) mass is 284 g/mol. The van der Waals surface area contributed by atoms with Crippen molar-refractivity contribution in [2.75, 3.05) is 0 Å². The molecule has 0 aliphatic heterocycles. The Bertz CT molecular complexity index is 765. The third-order valence-electron chi connectivity index (χ3n) is 3.12. The molecule has 0 atom stereocenters. The predicted molar refractivity (Wildman–Crippen MR) is 79.7 cm³/mol. The lowest BCUT2D eigenvalue weighted by molar-refractivity contribution is 0.432. The van der Waals surface area contributed by atoms with Crippen LogP contribution in [-0.2, 0) is 0 Å². The molecule has 100 valence electrons. The fourth-order valence-corrected chi connectivity index (χ4v) is 2.15. The van der Waals surface area contributed by atoms with Gasteiger partial charge in [-0.15, -0.1) is 0 Å². The van der Waals surface area contributed by atoms with Crippen LogP contribution in [0.4, 0.5) is 0 Å². The zero-order valence-electron chi connectivity index (χ0n) is 11.2. The van der Waals surface area contributed by atoms with Gasteiger partial charge >= 0.3 is 0 Å². The van der Waals surface area contributed by atoms with Crippen molar-refractivity contribution in [1.82, 2.24) is 10.1 Å². The van der Waals surface area contributed by atoms with Gasteiger partial charge in [-0.05, 0) is 37.6 Å². The fourth-order valence-electron chi connectivity index (χ4n) is 1.97. The zero-order valence-corrected chi connectivity index (χ0v) is 12.0. The smallest absolute Gasteiger partial charge is 0.258 e. The number of rotatable bonds is 2. The van der Waals surface area contributed by atoms with Gasteiger partial charge in [0.2, 0.25) is 5.82 Å². The molecule has 0 spiro atoms. The quantitative estimate of drug-likeness (QED) is 0.686. The second-order valence-electron chi connectivity index (χ2n) is 4.76. The summed E-state index contributed by atoms with van der Waals surface area (Å²) in [6, 6.07) is 13.7. The SMILES string of the molecule is Cc1cccc(-c2noc(-c3ccc(C)c(Cl)c3)n2)c1. The molecule has 3 aromatic rings. The summed E-state index contributed by atoms with van der Waals surface area (Å²) < 4.78 is 5.32. The Balaban J connectivity index is 1.99. The topological polar surface area (TPSA) is 38.9 Å². The summed E-state index contributed by atoms with van der Waals surface area (Å²) in [5.74, 6) is 1.06. The lowest BCUT2D eigenvalue weighted by Crippen LogP contribution is -1.83. The van der Waals surface area contributed by atoms with E-state index in [9.17, 15) is 0 Å². The third-order valence-corrected chi connectivity index (χ3v) is 3.53. The molecule has 0 N–H and O–H groups in total. The molecule has 3 nitrogen and oxygen atoms in total. The van der Waals surface area contributed by atoms with Gasteiger partial charge in [0.1, 0.15) is 0 Å². The van der Waals surface area contributed by atoms with Gasteiger partial charge in [0.15, 0.2) is 0 Å². The van der Waals surface area contributed by atoms with Gasteiger partial charge in [0, 0.05) is 16.1 Å². The normalized spacial score (nSPS) is 10.8. The molecule has 0 amide bonds. The van der Waals surface area contributed by atoms with E-state index >= 15 is 0 Å². The molecule has 3 rings (SSSR count). The number of benzene rings is 2. The molecular formula is C16H13ClN2O. The Hall–Kier alpha value is -2.13. The second-order valence-corrected chi connectivity index (χ2v) is 5.16. The molecule has 1 heterocycles. The van der Waals surface area contributed by atoms with E-state index in [1.54, 1.807) is 0 Å². The van der Waals surface area contributed by atoms with Crippen LogP contribution in [0.15, 0.2) is 47.0 Å². The number of aryl methyl sites for hydroxylation is 2. The van der Waals surface area contributed by atoms with Gasteiger partial charge in [-0.3, -0.25) is 0 Å². The average Bonchev–Trinajstić information content (AvgIpc) is 2.92. The molecule has 4 heteroatoms. The third kappa shape index (κ3) is 2.45. The molecule has 2 aromatic carbocycles. The summed E-state index contributed by atoms with van der Waals surface area (Å²) in [4.78, 5) is 4.43. The van der Waals surface area contributed by atoms with E-state index in [0.29, 0.717) is 16.7 Å². The van der Waals surface area contributed by atoms with Crippen LogP contribution in [0, 0.1) is 13.8 Å². The van der Waals surface area contributed by atoms with Gasteiger partial charge < -0.3 is 4.52 Å². The van der Waals surface area contributed by atoms with Crippen molar-refractivity contribution in [3.63, 3.8) is 0 Å². The number of aromatic nitrogens is 2. The van der Waals surface area contributed by atoms with E-state index < -0.39 is 0 Å². The maximum absolute atomic E-state index is 6.12. The molecule has 0 saturated heterocycles. The Labute approximate surface area is 122 Å². The Morgan fingerprint density at radius 1 is 1.00 bits per heavy atom. The van der Waals surface area contributed by atoms with Gasteiger partial charge in [0.25, 0.3) is 5.89 Å². The van der Waals surface area contributed by atoms with E-state index in [0.717, 1.165) is 22.3 Å². The summed E-state index contributed by atoms with van der Waals surface area (Å²) in [5.41, 5.74) is 3.95. The number of nitrogens with zero attached hydrogens (tertiary/aromatic N) is 2. The van der Waals surface area contributed by atoms with Crippen molar-refractivity contribution in [3.8, 4) is 22.8 Å². The highest BCUT2D eigenvalue weighted by atomic mass is 35.5. The molecule has 0 aliphatic rings. The minimum atomic E-state index is 0.475. The molecular weight excluding hydrogens is 272 g/mol. The first-order valence-electron chi connectivity index (χ1n) is 6.31. The van der Waals surface area contributed by atoms with E-state index in [1.165, 1.54) is 0 Å². The van der Waals surface area contributed by atoms with Crippen LogP contribution in [0.3, 0.4) is 0 Å². The second kappa shape index (κ2) is 5.10. The molecule has 20 heavy (non-hydrogen) atoms. The van der Waals surface area contributed by atoms with E-state index in [1.807, 2.05) is 56.3 Å². The molecule has 0 fully saturated rings. The molecule has 1 aromatic heterocycles. The first kappa shape index (κ1) is 12.9. The van der Waals surface area contributed by atoms with Crippen molar-refractivity contribution in [2.45, 2.75) is 13.8 Å². The van der Waals surface area contributed by atoms with Crippen LogP contribution >= 0.6 is 11.6 Å². The summed E-state index contributed by atoms with van der Waals surface area (Å²) in [7, 11) is 0.